The summed E-state index contributed by atoms with van der Waals surface area (Å²) in [6.07, 6.45) is 3.90. The Bertz CT molecular complexity index is 1070. The van der Waals surface area contributed by atoms with E-state index in [0.29, 0.717) is 6.10 Å². The Labute approximate surface area is 178 Å². The molecule has 0 aliphatic carbocycles. The molecular weight excluding hydrogens is 408 g/mol. The van der Waals surface area contributed by atoms with Crippen LogP contribution in [0.1, 0.15) is 18.4 Å². The number of hydrogen-bond donors (Lipinski definition) is 0. The highest BCUT2D eigenvalue weighted by Crippen LogP contribution is 2.26. The molecule has 1 aliphatic rings. The van der Waals surface area contributed by atoms with Gasteiger partial charge in [-0.3, -0.25) is 9.88 Å². The molecule has 154 valence electrons. The average molecular weight is 433 g/mol. The number of hydrogen-bond acceptors (Lipinski definition) is 5. The molecule has 4 rings (SSSR count). The summed E-state index contributed by atoms with van der Waals surface area (Å²) in [7, 11) is -1.79. The Morgan fingerprint density at radius 2 is 1.76 bits per heavy atom. The molecule has 1 fully saturated rings. The third kappa shape index (κ3) is 4.61. The normalized spacial score (nSPS) is 15.9. The maximum atomic E-state index is 12.9. The zero-order valence-electron chi connectivity index (χ0n) is 16.3. The smallest absolute Gasteiger partial charge is 0.208 e. The lowest BCUT2D eigenvalue weighted by molar-refractivity contribution is 0.0390. The van der Waals surface area contributed by atoms with Crippen molar-refractivity contribution in [3.63, 3.8) is 0 Å². The second-order valence-corrected chi connectivity index (χ2v) is 9.14. The maximum absolute atomic E-state index is 12.9. The average Bonchev–Trinajstić information content (AvgIpc) is 2.75. The molecule has 1 saturated heterocycles. The largest absolute Gasteiger partial charge is 0.381 e. The number of piperidine rings is 1. The second-order valence-electron chi connectivity index (χ2n) is 7.19. The van der Waals surface area contributed by atoms with Crippen molar-refractivity contribution >= 4 is 33.1 Å². The highest BCUT2D eigenvalue weighted by Gasteiger charge is 2.21. The van der Waals surface area contributed by atoms with Gasteiger partial charge in [0.2, 0.25) is 9.84 Å². The fraction of sp³-hybridized carbons (Fsp3) is 0.318. The lowest BCUT2D eigenvalue weighted by Gasteiger charge is -2.31. The van der Waals surface area contributed by atoms with Crippen LogP contribution in [0, 0.1) is 0 Å². The van der Waals surface area contributed by atoms with Gasteiger partial charge >= 0.3 is 0 Å². The van der Waals surface area contributed by atoms with E-state index in [1.54, 1.807) is 43.5 Å². The second kappa shape index (κ2) is 9.22. The van der Waals surface area contributed by atoms with E-state index in [1.807, 2.05) is 12.1 Å². The summed E-state index contributed by atoms with van der Waals surface area (Å²) < 4.78 is 31.2. The number of methoxy groups -OCH3 is 1. The van der Waals surface area contributed by atoms with Gasteiger partial charge in [0.1, 0.15) is 0 Å². The summed E-state index contributed by atoms with van der Waals surface area (Å²) in [6, 6.07) is 16.2. The van der Waals surface area contributed by atoms with Crippen LogP contribution in [0.25, 0.3) is 10.9 Å². The summed E-state index contributed by atoms with van der Waals surface area (Å²) >= 11 is 0. The fourth-order valence-corrected chi connectivity index (χ4v) is 5.02. The Morgan fingerprint density at radius 1 is 1.03 bits per heavy atom. The molecule has 7 heteroatoms. The fourth-order valence-electron chi connectivity index (χ4n) is 3.76. The van der Waals surface area contributed by atoms with Gasteiger partial charge in [-0.05, 0) is 36.6 Å². The monoisotopic (exact) mass is 432 g/mol. The first kappa shape index (κ1) is 21.7. The van der Waals surface area contributed by atoms with Crippen LogP contribution in [0.15, 0.2) is 70.6 Å². The number of likely N-dealkylation sites (tertiary alicyclic amines) is 1. The van der Waals surface area contributed by atoms with Gasteiger partial charge in [0.05, 0.1) is 21.4 Å². The predicted molar refractivity (Wildman–Crippen MR) is 116 cm³/mol. The van der Waals surface area contributed by atoms with Gasteiger partial charge in [-0.2, -0.15) is 0 Å². The highest BCUT2D eigenvalue weighted by molar-refractivity contribution is 7.91. The minimum absolute atomic E-state index is 0. The first-order valence-electron chi connectivity index (χ1n) is 9.51. The van der Waals surface area contributed by atoms with E-state index in [2.05, 4.69) is 16.0 Å². The van der Waals surface area contributed by atoms with Gasteiger partial charge in [-0.15, -0.1) is 12.4 Å². The van der Waals surface area contributed by atoms with Gasteiger partial charge < -0.3 is 4.74 Å². The molecule has 29 heavy (non-hydrogen) atoms. The van der Waals surface area contributed by atoms with Crippen LogP contribution in [0.3, 0.4) is 0 Å². The highest BCUT2D eigenvalue weighted by atomic mass is 35.5. The summed E-state index contributed by atoms with van der Waals surface area (Å²) in [6.45, 7) is 2.80. The third-order valence-corrected chi connectivity index (χ3v) is 7.13. The molecule has 1 aromatic heterocycles. The van der Waals surface area contributed by atoms with Gasteiger partial charge in [0, 0.05) is 38.3 Å². The molecule has 3 aromatic rings. The van der Waals surface area contributed by atoms with Crippen molar-refractivity contribution in [2.24, 2.45) is 0 Å². The maximum Gasteiger partial charge on any atom is 0.208 e. The van der Waals surface area contributed by atoms with Crippen molar-refractivity contribution in [2.45, 2.75) is 35.3 Å². The van der Waals surface area contributed by atoms with Gasteiger partial charge in [-0.25, -0.2) is 8.42 Å². The van der Waals surface area contributed by atoms with Crippen molar-refractivity contribution in [1.82, 2.24) is 9.88 Å². The van der Waals surface area contributed by atoms with Crippen LogP contribution in [0.5, 0.6) is 0 Å². The first-order chi connectivity index (χ1) is 13.6. The van der Waals surface area contributed by atoms with Crippen LogP contribution in [0.4, 0.5) is 0 Å². The number of nitrogens with zero attached hydrogens (tertiary/aromatic N) is 2. The number of benzene rings is 2. The molecule has 1 aliphatic heterocycles. The van der Waals surface area contributed by atoms with Crippen LogP contribution in [0.2, 0.25) is 0 Å². The van der Waals surface area contributed by atoms with Gasteiger partial charge in [-0.1, -0.05) is 36.4 Å². The summed E-state index contributed by atoms with van der Waals surface area (Å²) in [5.74, 6) is 0. The van der Waals surface area contributed by atoms with E-state index in [0.717, 1.165) is 48.9 Å². The predicted octanol–water partition coefficient (Wildman–Crippen LogP) is 4.10. The minimum atomic E-state index is -3.57. The third-order valence-electron chi connectivity index (χ3n) is 5.40. The molecule has 0 radical (unpaired) electrons. The number of fused-ring (bicyclic) bond motifs is 1. The van der Waals surface area contributed by atoms with Crippen molar-refractivity contribution in [3.05, 3.63) is 66.4 Å². The number of pyridine rings is 1. The quantitative estimate of drug-likeness (QED) is 0.607. The first-order valence-corrected chi connectivity index (χ1v) is 11.0. The molecule has 0 unspecified atom stereocenters. The summed E-state index contributed by atoms with van der Waals surface area (Å²) in [4.78, 5) is 7.45. The molecule has 5 nitrogen and oxygen atoms in total. The number of rotatable bonds is 5. The van der Waals surface area contributed by atoms with E-state index in [-0.39, 0.29) is 22.2 Å². The van der Waals surface area contributed by atoms with E-state index >= 15 is 0 Å². The zero-order chi connectivity index (χ0) is 19.6. The molecule has 0 amide bonds. The van der Waals surface area contributed by atoms with Crippen molar-refractivity contribution in [3.8, 4) is 0 Å². The zero-order valence-corrected chi connectivity index (χ0v) is 18.0. The number of halogens is 1. The number of aromatic nitrogens is 1. The molecule has 0 spiro atoms. The number of ether oxygens (including phenoxy) is 1. The van der Waals surface area contributed by atoms with Crippen LogP contribution < -0.4 is 0 Å². The molecule has 0 saturated carbocycles. The topological polar surface area (TPSA) is 59.5 Å². The lowest BCUT2D eigenvalue weighted by atomic mass is 10.1. The van der Waals surface area contributed by atoms with E-state index in [9.17, 15) is 8.42 Å². The molecule has 0 N–H and O–H groups in total. The molecule has 0 bridgehead atoms. The Balaban J connectivity index is 0.00000240. The molecule has 2 aromatic carbocycles. The molecular formula is C22H25ClN2O3S. The number of para-hydroxylation sites is 1. The molecule has 2 heterocycles. The standard InChI is InChI=1S/C22H24N2O3S.ClH/c1-27-19-10-12-24(13-11-19)16-18-7-5-6-17-14-21(15-23-22(17)18)28(25,26)20-8-3-2-4-9-20;/h2-9,14-15,19H,10-13,16H2,1H3;1H. The van der Waals surface area contributed by atoms with Crippen LogP contribution in [-0.4, -0.2) is 44.6 Å². The Hall–Kier alpha value is -1.99. The minimum Gasteiger partial charge on any atom is -0.381 e. The summed E-state index contributed by atoms with van der Waals surface area (Å²) in [5, 5.41) is 0.848. The SMILES string of the molecule is COC1CCN(Cc2cccc3cc(S(=O)(=O)c4ccccc4)cnc23)CC1.Cl. The van der Waals surface area contributed by atoms with Crippen molar-refractivity contribution in [1.29, 1.82) is 0 Å². The molecule has 0 atom stereocenters. The van der Waals surface area contributed by atoms with E-state index in [4.69, 9.17) is 4.74 Å². The Morgan fingerprint density at radius 3 is 2.45 bits per heavy atom. The number of sulfone groups is 1. The van der Waals surface area contributed by atoms with Crippen molar-refractivity contribution < 1.29 is 13.2 Å². The van der Waals surface area contributed by atoms with Crippen molar-refractivity contribution in [2.75, 3.05) is 20.2 Å². The van der Waals surface area contributed by atoms with Gasteiger partial charge in [0.15, 0.2) is 0 Å². The van der Waals surface area contributed by atoms with Crippen LogP contribution in [-0.2, 0) is 21.1 Å². The van der Waals surface area contributed by atoms with E-state index in [1.165, 1.54) is 6.20 Å². The van der Waals surface area contributed by atoms with Gasteiger partial charge in [0.25, 0.3) is 0 Å². The Kier molecular flexibility index (Phi) is 6.90. The lowest BCUT2D eigenvalue weighted by Crippen LogP contribution is -2.36. The van der Waals surface area contributed by atoms with E-state index < -0.39 is 9.84 Å². The van der Waals surface area contributed by atoms with Crippen LogP contribution >= 0.6 is 12.4 Å². The summed E-state index contributed by atoms with van der Waals surface area (Å²) in [5.41, 5.74) is 1.99.